The van der Waals surface area contributed by atoms with Crippen LogP contribution in [0.2, 0.25) is 0 Å². The van der Waals surface area contributed by atoms with Gasteiger partial charge in [-0.05, 0) is 24.3 Å². The molecule has 138 valence electrons. The van der Waals surface area contributed by atoms with Crippen molar-refractivity contribution in [3.8, 4) is 11.6 Å². The van der Waals surface area contributed by atoms with Gasteiger partial charge in [0.2, 0.25) is 5.88 Å². The summed E-state index contributed by atoms with van der Waals surface area (Å²) in [7, 11) is 1.52. The molecule has 0 saturated carbocycles. The Labute approximate surface area is 148 Å². The number of aromatic nitrogens is 1. The number of likely N-dealkylation sites (tertiary alicyclic amines) is 1. The monoisotopic (exact) mass is 366 g/mol. The Balaban J connectivity index is 1.64. The first-order chi connectivity index (χ1) is 12.4. The zero-order valence-electron chi connectivity index (χ0n) is 14.0. The van der Waals surface area contributed by atoms with Gasteiger partial charge in [-0.15, -0.1) is 0 Å². The number of nitrogens with zero attached hydrogens (tertiary/aromatic N) is 2. The number of benzene rings is 1. The molecule has 8 heteroatoms. The maximum atomic E-state index is 12.8. The lowest BCUT2D eigenvalue weighted by Crippen LogP contribution is -2.31. The zero-order chi connectivity index (χ0) is 18.7. The van der Waals surface area contributed by atoms with Gasteiger partial charge in [0, 0.05) is 30.8 Å². The van der Waals surface area contributed by atoms with E-state index < -0.39 is 17.8 Å². The second kappa shape index (κ2) is 7.23. The third-order valence-corrected chi connectivity index (χ3v) is 4.10. The van der Waals surface area contributed by atoms with Crippen molar-refractivity contribution in [2.45, 2.75) is 18.7 Å². The van der Waals surface area contributed by atoms with Crippen molar-refractivity contribution in [3.05, 3.63) is 53.7 Å². The Morgan fingerprint density at radius 3 is 2.81 bits per heavy atom. The summed E-state index contributed by atoms with van der Waals surface area (Å²) in [6.45, 7) is 0.744. The number of amides is 1. The summed E-state index contributed by atoms with van der Waals surface area (Å²) < 4.78 is 48.9. The number of hydrogen-bond donors (Lipinski definition) is 0. The van der Waals surface area contributed by atoms with E-state index in [-0.39, 0.29) is 18.3 Å². The number of carbonyl (C=O) groups is 1. The van der Waals surface area contributed by atoms with Gasteiger partial charge in [-0.25, -0.2) is 4.98 Å². The molecule has 0 N–H and O–H groups in total. The maximum Gasteiger partial charge on any atom is 0.416 e. The summed E-state index contributed by atoms with van der Waals surface area (Å²) in [6, 6.07) is 8.56. The Hall–Kier alpha value is -2.77. The van der Waals surface area contributed by atoms with Gasteiger partial charge in [0.05, 0.1) is 19.2 Å². The molecule has 1 aromatic heterocycles. The standard InChI is InChI=1S/C18H17F3N2O3/c1-25-14-4-2-3-12(9-14)17(24)23-8-6-15(11-23)26-16-10-13(5-7-22-16)18(19,20)21/h2-5,7,9-10,15H,6,8,11H2,1H3. The second-order valence-electron chi connectivity index (χ2n) is 5.89. The van der Waals surface area contributed by atoms with E-state index in [9.17, 15) is 18.0 Å². The van der Waals surface area contributed by atoms with Crippen LogP contribution in [0, 0.1) is 0 Å². The highest BCUT2D eigenvalue weighted by atomic mass is 19.4. The van der Waals surface area contributed by atoms with E-state index in [2.05, 4.69) is 4.98 Å². The molecule has 1 amide bonds. The van der Waals surface area contributed by atoms with Gasteiger partial charge in [0.1, 0.15) is 11.9 Å². The molecular weight excluding hydrogens is 349 g/mol. The van der Waals surface area contributed by atoms with Crippen LogP contribution in [0.4, 0.5) is 13.2 Å². The van der Waals surface area contributed by atoms with Crippen LogP contribution in [0.3, 0.4) is 0 Å². The van der Waals surface area contributed by atoms with Gasteiger partial charge in [0.15, 0.2) is 0 Å². The predicted octanol–water partition coefficient (Wildman–Crippen LogP) is 3.40. The van der Waals surface area contributed by atoms with E-state index in [0.717, 1.165) is 18.3 Å². The predicted molar refractivity (Wildman–Crippen MR) is 87.2 cm³/mol. The fourth-order valence-electron chi connectivity index (χ4n) is 2.77. The summed E-state index contributed by atoms with van der Waals surface area (Å²) in [4.78, 5) is 18.0. The average molecular weight is 366 g/mol. The molecule has 26 heavy (non-hydrogen) atoms. The van der Waals surface area contributed by atoms with Crippen molar-refractivity contribution in [2.24, 2.45) is 0 Å². The number of hydrogen-bond acceptors (Lipinski definition) is 4. The molecule has 1 aliphatic heterocycles. The summed E-state index contributed by atoms with van der Waals surface area (Å²) in [5.41, 5.74) is -0.327. The van der Waals surface area contributed by atoms with Crippen LogP contribution in [-0.2, 0) is 6.18 Å². The number of halogens is 3. The SMILES string of the molecule is COc1cccc(C(=O)N2CCC(Oc3cc(C(F)(F)F)ccn3)C2)c1. The number of pyridine rings is 1. The molecule has 1 aromatic carbocycles. The number of ether oxygens (including phenoxy) is 2. The summed E-state index contributed by atoms with van der Waals surface area (Å²) in [6.07, 6.45) is -3.27. The minimum atomic E-state index is -4.45. The second-order valence-corrected chi connectivity index (χ2v) is 5.89. The van der Waals surface area contributed by atoms with Gasteiger partial charge in [-0.3, -0.25) is 4.79 Å². The van der Waals surface area contributed by atoms with Crippen LogP contribution in [-0.4, -0.2) is 42.1 Å². The summed E-state index contributed by atoms with van der Waals surface area (Å²) in [5, 5.41) is 0. The van der Waals surface area contributed by atoms with Crippen molar-refractivity contribution in [2.75, 3.05) is 20.2 Å². The molecule has 1 fully saturated rings. The third-order valence-electron chi connectivity index (χ3n) is 4.10. The fourth-order valence-corrected chi connectivity index (χ4v) is 2.77. The quantitative estimate of drug-likeness (QED) is 0.832. The molecule has 1 saturated heterocycles. The van der Waals surface area contributed by atoms with Crippen LogP contribution in [0.1, 0.15) is 22.3 Å². The first-order valence-electron chi connectivity index (χ1n) is 8.00. The van der Waals surface area contributed by atoms with Gasteiger partial charge in [-0.2, -0.15) is 13.2 Å². The van der Waals surface area contributed by atoms with Crippen molar-refractivity contribution in [1.82, 2.24) is 9.88 Å². The smallest absolute Gasteiger partial charge is 0.416 e. The highest BCUT2D eigenvalue weighted by Crippen LogP contribution is 2.31. The van der Waals surface area contributed by atoms with Crippen molar-refractivity contribution >= 4 is 5.91 Å². The zero-order valence-corrected chi connectivity index (χ0v) is 14.0. The highest BCUT2D eigenvalue weighted by molar-refractivity contribution is 5.94. The highest BCUT2D eigenvalue weighted by Gasteiger charge is 2.32. The molecule has 1 atom stereocenters. The van der Waals surface area contributed by atoms with E-state index in [1.165, 1.54) is 7.11 Å². The Morgan fingerprint density at radius 1 is 1.27 bits per heavy atom. The average Bonchev–Trinajstić information content (AvgIpc) is 3.09. The maximum absolute atomic E-state index is 12.8. The molecule has 0 aliphatic carbocycles. The van der Waals surface area contributed by atoms with Gasteiger partial charge < -0.3 is 14.4 Å². The third kappa shape index (κ3) is 4.07. The molecule has 5 nitrogen and oxygen atoms in total. The van der Waals surface area contributed by atoms with E-state index >= 15 is 0 Å². The fraction of sp³-hybridized carbons (Fsp3) is 0.333. The molecule has 3 rings (SSSR count). The minimum Gasteiger partial charge on any atom is -0.497 e. The van der Waals surface area contributed by atoms with Crippen LogP contribution in [0.5, 0.6) is 11.6 Å². The number of alkyl halides is 3. The first-order valence-corrected chi connectivity index (χ1v) is 8.00. The minimum absolute atomic E-state index is 0.0968. The first kappa shape index (κ1) is 18.0. The van der Waals surface area contributed by atoms with Crippen LogP contribution in [0.25, 0.3) is 0 Å². The molecule has 1 unspecified atom stereocenters. The van der Waals surface area contributed by atoms with Gasteiger partial charge >= 0.3 is 6.18 Å². The topological polar surface area (TPSA) is 51.7 Å². The van der Waals surface area contributed by atoms with Crippen LogP contribution < -0.4 is 9.47 Å². The molecular formula is C18H17F3N2O3. The molecule has 1 aliphatic rings. The lowest BCUT2D eigenvalue weighted by molar-refractivity contribution is -0.137. The molecule has 2 aromatic rings. The van der Waals surface area contributed by atoms with Crippen molar-refractivity contribution in [3.63, 3.8) is 0 Å². The van der Waals surface area contributed by atoms with Crippen LogP contribution >= 0.6 is 0 Å². The Bertz CT molecular complexity index is 795. The van der Waals surface area contributed by atoms with Gasteiger partial charge in [-0.1, -0.05) is 6.07 Å². The number of rotatable bonds is 4. The van der Waals surface area contributed by atoms with E-state index in [1.807, 2.05) is 0 Å². The van der Waals surface area contributed by atoms with Crippen LogP contribution in [0.15, 0.2) is 42.6 Å². The lowest BCUT2D eigenvalue weighted by Gasteiger charge is -2.17. The number of carbonyl (C=O) groups excluding carboxylic acids is 1. The van der Waals surface area contributed by atoms with Crippen molar-refractivity contribution in [1.29, 1.82) is 0 Å². The molecule has 0 spiro atoms. The van der Waals surface area contributed by atoms with Crippen molar-refractivity contribution < 1.29 is 27.4 Å². The van der Waals surface area contributed by atoms with Gasteiger partial charge in [0.25, 0.3) is 5.91 Å². The van der Waals surface area contributed by atoms with E-state index in [4.69, 9.17) is 9.47 Å². The van der Waals surface area contributed by atoms with E-state index in [0.29, 0.717) is 24.3 Å². The lowest BCUT2D eigenvalue weighted by atomic mass is 10.2. The molecule has 0 radical (unpaired) electrons. The molecule has 0 bridgehead atoms. The summed E-state index contributed by atoms with van der Waals surface area (Å²) >= 11 is 0. The Morgan fingerprint density at radius 2 is 2.08 bits per heavy atom. The number of methoxy groups -OCH3 is 1. The Kier molecular flexibility index (Phi) is 5.01. The normalized spacial score (nSPS) is 17.2. The summed E-state index contributed by atoms with van der Waals surface area (Å²) in [5.74, 6) is 0.309. The largest absolute Gasteiger partial charge is 0.497 e. The molecule has 2 heterocycles. The van der Waals surface area contributed by atoms with E-state index in [1.54, 1.807) is 29.2 Å².